The Labute approximate surface area is 206 Å². The largest absolute Gasteiger partial charge is 0.469 e. The van der Waals surface area contributed by atoms with Crippen LogP contribution in [0.1, 0.15) is 97.3 Å². The number of carbonyl (C=O) groups is 2. The highest BCUT2D eigenvalue weighted by Gasteiger charge is 2.47. The van der Waals surface area contributed by atoms with Gasteiger partial charge in [0.25, 0.3) is 0 Å². The summed E-state index contributed by atoms with van der Waals surface area (Å²) in [6.45, 7) is 5.18. The molecule has 5 heteroatoms. The number of fused-ring (bicyclic) bond motifs is 1. The number of rotatable bonds is 13. The summed E-state index contributed by atoms with van der Waals surface area (Å²) in [6, 6.07) is 0. The maximum atomic E-state index is 12.7. The van der Waals surface area contributed by atoms with Crippen molar-refractivity contribution in [1.82, 2.24) is 0 Å². The van der Waals surface area contributed by atoms with Crippen LogP contribution in [0.5, 0.6) is 0 Å². The Morgan fingerprint density at radius 1 is 1.21 bits per heavy atom. The molecular formula is C29H46O5. The minimum Gasteiger partial charge on any atom is -0.469 e. The van der Waals surface area contributed by atoms with Crippen molar-refractivity contribution in [1.29, 1.82) is 0 Å². The first-order chi connectivity index (χ1) is 16.5. The standard InChI is InChI=1S/C29H46O5/c1-4-5-10-21(2)17-24(30)14-15-25-26-19-22(11-6-7-12-28(31)32-3)18-23(26)20-27(25)34-29-13-8-9-16-33-29/h11,14-15,21,23,25-27,29H,4-10,12-13,16-20H2,1-3H3/t21-,23+,25+,26-,27+,29?/m0/s1. The highest BCUT2D eigenvalue weighted by atomic mass is 16.7. The van der Waals surface area contributed by atoms with Gasteiger partial charge in [0, 0.05) is 25.4 Å². The molecule has 3 rings (SSSR count). The molecule has 3 aliphatic rings. The van der Waals surface area contributed by atoms with Gasteiger partial charge in [0.1, 0.15) is 0 Å². The molecule has 2 aliphatic carbocycles. The Kier molecular flexibility index (Phi) is 11.3. The summed E-state index contributed by atoms with van der Waals surface area (Å²) in [5, 5.41) is 0. The van der Waals surface area contributed by atoms with E-state index in [4.69, 9.17) is 14.2 Å². The predicted molar refractivity (Wildman–Crippen MR) is 134 cm³/mol. The molecule has 6 atom stereocenters. The van der Waals surface area contributed by atoms with E-state index in [2.05, 4.69) is 26.0 Å². The SMILES string of the molecule is CCCC[C@H](C)CC(=O)C=C[C@@H]1[C@H]2CC(=CCCCC(=O)OC)C[C@@H]2C[C@H]1OC1CCCCO1. The van der Waals surface area contributed by atoms with Crippen molar-refractivity contribution >= 4 is 11.8 Å². The van der Waals surface area contributed by atoms with E-state index in [0.717, 1.165) is 64.4 Å². The summed E-state index contributed by atoms with van der Waals surface area (Å²) in [5.41, 5.74) is 1.50. The normalized spacial score (nSPS) is 31.1. The van der Waals surface area contributed by atoms with Crippen LogP contribution in [-0.2, 0) is 23.8 Å². The number of hydrogen-bond donors (Lipinski definition) is 0. The Hall–Kier alpha value is -1.46. The second kappa shape index (κ2) is 14.2. The molecule has 3 fully saturated rings. The molecule has 0 aromatic carbocycles. The third kappa shape index (κ3) is 8.34. The van der Waals surface area contributed by atoms with Crippen LogP contribution in [0.2, 0.25) is 0 Å². The van der Waals surface area contributed by atoms with Crippen LogP contribution in [0.4, 0.5) is 0 Å². The average molecular weight is 475 g/mol. The highest BCUT2D eigenvalue weighted by Crippen LogP contribution is 2.52. The molecule has 0 N–H and O–H groups in total. The maximum absolute atomic E-state index is 12.7. The number of ether oxygens (including phenoxy) is 3. The van der Waals surface area contributed by atoms with Crippen LogP contribution in [-0.4, -0.2) is 37.9 Å². The molecule has 2 saturated carbocycles. The van der Waals surface area contributed by atoms with E-state index in [9.17, 15) is 9.59 Å². The molecule has 1 heterocycles. The van der Waals surface area contributed by atoms with Crippen LogP contribution in [0.15, 0.2) is 23.8 Å². The first-order valence-corrected chi connectivity index (χ1v) is 13.7. The first-order valence-electron chi connectivity index (χ1n) is 13.7. The summed E-state index contributed by atoms with van der Waals surface area (Å²) in [4.78, 5) is 24.0. The van der Waals surface area contributed by atoms with Crippen molar-refractivity contribution in [3.63, 3.8) is 0 Å². The molecular weight excluding hydrogens is 428 g/mol. The molecule has 1 unspecified atom stereocenters. The third-order valence-electron chi connectivity index (χ3n) is 7.90. The molecule has 0 radical (unpaired) electrons. The number of unbranched alkanes of at least 4 members (excludes halogenated alkanes) is 2. The molecule has 0 aromatic heterocycles. The maximum Gasteiger partial charge on any atom is 0.305 e. The zero-order chi connectivity index (χ0) is 24.3. The van der Waals surface area contributed by atoms with Crippen molar-refractivity contribution in [2.24, 2.45) is 23.7 Å². The minimum atomic E-state index is -0.134. The number of hydrogen-bond acceptors (Lipinski definition) is 5. The van der Waals surface area contributed by atoms with Crippen molar-refractivity contribution in [2.45, 2.75) is 110 Å². The molecule has 0 amide bonds. The van der Waals surface area contributed by atoms with E-state index < -0.39 is 0 Å². The molecule has 1 saturated heterocycles. The number of carbonyl (C=O) groups excluding carboxylic acids is 2. The van der Waals surface area contributed by atoms with Gasteiger partial charge in [-0.3, -0.25) is 9.59 Å². The van der Waals surface area contributed by atoms with Gasteiger partial charge >= 0.3 is 5.97 Å². The smallest absolute Gasteiger partial charge is 0.305 e. The van der Waals surface area contributed by atoms with Crippen LogP contribution < -0.4 is 0 Å². The predicted octanol–water partition coefficient (Wildman–Crippen LogP) is 6.56. The number of methoxy groups -OCH3 is 1. The molecule has 0 spiro atoms. The van der Waals surface area contributed by atoms with Gasteiger partial charge in [-0.15, -0.1) is 0 Å². The lowest BCUT2D eigenvalue weighted by Gasteiger charge is -2.29. The zero-order valence-corrected chi connectivity index (χ0v) is 21.6. The van der Waals surface area contributed by atoms with E-state index in [-0.39, 0.29) is 30.1 Å². The molecule has 0 aromatic rings. The fourth-order valence-electron chi connectivity index (χ4n) is 6.01. The van der Waals surface area contributed by atoms with Gasteiger partial charge in [0.15, 0.2) is 12.1 Å². The van der Waals surface area contributed by atoms with Crippen molar-refractivity contribution in [3.8, 4) is 0 Å². The third-order valence-corrected chi connectivity index (χ3v) is 7.90. The Bertz CT molecular complexity index is 705. The fraction of sp³-hybridized carbons (Fsp3) is 0.793. The van der Waals surface area contributed by atoms with Gasteiger partial charge < -0.3 is 14.2 Å². The molecule has 1 aliphatic heterocycles. The lowest BCUT2D eigenvalue weighted by Crippen LogP contribution is -2.30. The van der Waals surface area contributed by atoms with E-state index in [1.165, 1.54) is 25.5 Å². The fourth-order valence-corrected chi connectivity index (χ4v) is 6.01. The Morgan fingerprint density at radius 2 is 2.06 bits per heavy atom. The Morgan fingerprint density at radius 3 is 2.79 bits per heavy atom. The van der Waals surface area contributed by atoms with Crippen molar-refractivity contribution < 1.29 is 23.8 Å². The lowest BCUT2D eigenvalue weighted by molar-refractivity contribution is -0.193. The highest BCUT2D eigenvalue weighted by molar-refractivity contribution is 5.89. The second-order valence-corrected chi connectivity index (χ2v) is 10.7. The van der Waals surface area contributed by atoms with Gasteiger partial charge in [-0.05, 0) is 75.2 Å². The van der Waals surface area contributed by atoms with E-state index in [0.29, 0.717) is 30.6 Å². The van der Waals surface area contributed by atoms with Crippen LogP contribution in [0.3, 0.4) is 0 Å². The number of esters is 1. The summed E-state index contributed by atoms with van der Waals surface area (Å²) >= 11 is 0. The monoisotopic (exact) mass is 474 g/mol. The van der Waals surface area contributed by atoms with Gasteiger partial charge in [-0.25, -0.2) is 0 Å². The minimum absolute atomic E-state index is 0.0911. The lowest BCUT2D eigenvalue weighted by atomic mass is 9.89. The van der Waals surface area contributed by atoms with Gasteiger partial charge in [0.2, 0.25) is 0 Å². The summed E-state index contributed by atoms with van der Waals surface area (Å²) in [7, 11) is 1.44. The first kappa shape index (κ1) is 27.1. The van der Waals surface area contributed by atoms with Crippen molar-refractivity contribution in [3.05, 3.63) is 23.8 Å². The van der Waals surface area contributed by atoms with Crippen LogP contribution >= 0.6 is 0 Å². The van der Waals surface area contributed by atoms with E-state index in [1.807, 2.05) is 6.08 Å². The van der Waals surface area contributed by atoms with E-state index >= 15 is 0 Å². The zero-order valence-electron chi connectivity index (χ0n) is 21.6. The number of allylic oxidation sites excluding steroid dienone is 3. The average Bonchev–Trinajstić information content (AvgIpc) is 3.36. The van der Waals surface area contributed by atoms with Crippen molar-refractivity contribution in [2.75, 3.05) is 13.7 Å². The topological polar surface area (TPSA) is 61.8 Å². The Balaban J connectivity index is 1.59. The second-order valence-electron chi connectivity index (χ2n) is 10.7. The summed E-state index contributed by atoms with van der Waals surface area (Å²) in [5.74, 6) is 1.96. The van der Waals surface area contributed by atoms with E-state index in [1.54, 1.807) is 0 Å². The molecule has 192 valence electrons. The molecule has 5 nitrogen and oxygen atoms in total. The van der Waals surface area contributed by atoms with Gasteiger partial charge in [-0.1, -0.05) is 50.8 Å². The van der Waals surface area contributed by atoms with Gasteiger partial charge in [0.05, 0.1) is 13.2 Å². The summed E-state index contributed by atoms with van der Waals surface area (Å²) in [6.07, 6.45) is 19.3. The van der Waals surface area contributed by atoms with Gasteiger partial charge in [-0.2, -0.15) is 0 Å². The number of ketones is 1. The van der Waals surface area contributed by atoms with Crippen LogP contribution in [0, 0.1) is 23.7 Å². The molecule has 34 heavy (non-hydrogen) atoms. The van der Waals surface area contributed by atoms with Crippen LogP contribution in [0.25, 0.3) is 0 Å². The summed E-state index contributed by atoms with van der Waals surface area (Å²) < 4.78 is 17.1. The quantitative estimate of drug-likeness (QED) is 0.131. The molecule has 0 bridgehead atoms.